The lowest BCUT2D eigenvalue weighted by Gasteiger charge is -2.16. The molecule has 108 valence electrons. The molecule has 0 fully saturated rings. The number of nitrogens with zero attached hydrogens (tertiary/aromatic N) is 1. The third-order valence-corrected chi connectivity index (χ3v) is 3.76. The lowest BCUT2D eigenvalue weighted by atomic mass is 10.0. The Balaban J connectivity index is 2.09. The van der Waals surface area contributed by atoms with Gasteiger partial charge in [0.25, 0.3) is 0 Å². The van der Waals surface area contributed by atoms with E-state index >= 15 is 0 Å². The zero-order valence-corrected chi connectivity index (χ0v) is 12.8. The van der Waals surface area contributed by atoms with Gasteiger partial charge in [-0.2, -0.15) is 0 Å². The van der Waals surface area contributed by atoms with Crippen molar-refractivity contribution in [2.45, 2.75) is 19.9 Å². The molecule has 1 atom stereocenters. The summed E-state index contributed by atoms with van der Waals surface area (Å²) in [5.74, 6) is 0.866. The van der Waals surface area contributed by atoms with E-state index < -0.39 is 0 Å². The number of aryl methyl sites for hydroxylation is 1. The Labute approximate surface area is 128 Å². The molecule has 0 aliphatic carbocycles. The summed E-state index contributed by atoms with van der Waals surface area (Å²) in [6.45, 7) is 4.91. The van der Waals surface area contributed by atoms with Gasteiger partial charge in [-0.25, -0.2) is 0 Å². The predicted molar refractivity (Wildman–Crippen MR) is 85.7 cm³/mol. The Hall–Kier alpha value is -1.84. The minimum absolute atomic E-state index is 0.000154. The molecule has 0 aliphatic heterocycles. The number of nitrogens with one attached hydrogen (secondary N) is 1. The minimum Gasteiger partial charge on any atom is -0.457 e. The zero-order valence-electron chi connectivity index (χ0n) is 12.1. The molecule has 2 aromatic heterocycles. The third-order valence-electron chi connectivity index (χ3n) is 3.46. The number of para-hydroxylation sites is 1. The first-order chi connectivity index (χ1) is 10.2. The third kappa shape index (κ3) is 2.80. The quantitative estimate of drug-likeness (QED) is 0.771. The smallest absolute Gasteiger partial charge is 0.152 e. The number of furan rings is 1. The molecule has 3 rings (SSSR count). The van der Waals surface area contributed by atoms with Crippen molar-refractivity contribution in [2.24, 2.45) is 0 Å². The summed E-state index contributed by atoms with van der Waals surface area (Å²) < 4.78 is 5.99. The van der Waals surface area contributed by atoms with Crippen molar-refractivity contribution in [3.05, 3.63) is 64.6 Å². The van der Waals surface area contributed by atoms with Crippen LogP contribution in [0.2, 0.25) is 5.02 Å². The Morgan fingerprint density at radius 1 is 1.29 bits per heavy atom. The maximum atomic E-state index is 6.20. The number of halogens is 1. The Kier molecular flexibility index (Phi) is 3.95. The van der Waals surface area contributed by atoms with E-state index in [1.165, 1.54) is 0 Å². The van der Waals surface area contributed by atoms with Gasteiger partial charge in [-0.05, 0) is 43.3 Å². The fourth-order valence-electron chi connectivity index (χ4n) is 2.52. The summed E-state index contributed by atoms with van der Waals surface area (Å²) >= 11 is 6.20. The summed E-state index contributed by atoms with van der Waals surface area (Å²) in [6.07, 6.45) is 1.82. The van der Waals surface area contributed by atoms with Crippen molar-refractivity contribution in [2.75, 3.05) is 6.54 Å². The van der Waals surface area contributed by atoms with E-state index in [9.17, 15) is 0 Å². The highest BCUT2D eigenvalue weighted by atomic mass is 35.5. The summed E-state index contributed by atoms with van der Waals surface area (Å²) in [5.41, 5.74) is 2.87. The molecule has 1 aromatic carbocycles. The maximum Gasteiger partial charge on any atom is 0.152 e. The Morgan fingerprint density at radius 2 is 2.14 bits per heavy atom. The van der Waals surface area contributed by atoms with Crippen LogP contribution < -0.4 is 5.32 Å². The summed E-state index contributed by atoms with van der Waals surface area (Å²) in [7, 11) is 0. The van der Waals surface area contributed by atoms with Gasteiger partial charge in [0, 0.05) is 17.3 Å². The van der Waals surface area contributed by atoms with Crippen LogP contribution in [0.5, 0.6) is 0 Å². The topological polar surface area (TPSA) is 38.1 Å². The minimum atomic E-state index is 0.000154. The van der Waals surface area contributed by atoms with E-state index in [0.717, 1.165) is 34.5 Å². The molecule has 0 bridgehead atoms. The lowest BCUT2D eigenvalue weighted by molar-refractivity contribution is 0.477. The fraction of sp³-hybridized carbons (Fsp3) is 0.235. The average molecular weight is 301 g/mol. The Bertz CT molecular complexity index is 766. The van der Waals surface area contributed by atoms with Gasteiger partial charge in [-0.1, -0.05) is 30.7 Å². The maximum absolute atomic E-state index is 6.20. The van der Waals surface area contributed by atoms with Crippen LogP contribution in [0.1, 0.15) is 30.0 Å². The highest BCUT2D eigenvalue weighted by molar-refractivity contribution is 6.34. The summed E-state index contributed by atoms with van der Waals surface area (Å²) in [6, 6.07) is 11.9. The van der Waals surface area contributed by atoms with Crippen LogP contribution in [0.4, 0.5) is 0 Å². The number of benzene rings is 1. The van der Waals surface area contributed by atoms with E-state index in [1.54, 1.807) is 0 Å². The largest absolute Gasteiger partial charge is 0.457 e. The van der Waals surface area contributed by atoms with Gasteiger partial charge >= 0.3 is 0 Å². The van der Waals surface area contributed by atoms with Crippen molar-refractivity contribution in [3.63, 3.8) is 0 Å². The molecule has 2 heterocycles. The zero-order chi connectivity index (χ0) is 14.8. The Morgan fingerprint density at radius 3 is 2.86 bits per heavy atom. The second kappa shape index (κ2) is 5.88. The lowest BCUT2D eigenvalue weighted by Crippen LogP contribution is -2.21. The van der Waals surface area contributed by atoms with E-state index in [-0.39, 0.29) is 6.04 Å². The van der Waals surface area contributed by atoms with Gasteiger partial charge in [0.1, 0.15) is 5.76 Å². The molecule has 1 N–H and O–H groups in total. The van der Waals surface area contributed by atoms with Crippen molar-refractivity contribution in [3.8, 4) is 0 Å². The number of hydrogen-bond acceptors (Lipinski definition) is 3. The van der Waals surface area contributed by atoms with Gasteiger partial charge in [0.05, 0.1) is 11.1 Å². The van der Waals surface area contributed by atoms with Crippen LogP contribution in [0.25, 0.3) is 11.0 Å². The first-order valence-corrected chi connectivity index (χ1v) is 7.40. The second-order valence-electron chi connectivity index (χ2n) is 5.03. The number of fused-ring (bicyclic) bond motifs is 1. The molecule has 21 heavy (non-hydrogen) atoms. The van der Waals surface area contributed by atoms with Gasteiger partial charge in [0.15, 0.2) is 5.58 Å². The number of rotatable bonds is 4. The van der Waals surface area contributed by atoms with Gasteiger partial charge < -0.3 is 9.73 Å². The van der Waals surface area contributed by atoms with E-state index in [4.69, 9.17) is 16.0 Å². The molecule has 3 nitrogen and oxygen atoms in total. The van der Waals surface area contributed by atoms with Crippen LogP contribution in [-0.2, 0) is 0 Å². The van der Waals surface area contributed by atoms with E-state index in [0.29, 0.717) is 5.02 Å². The van der Waals surface area contributed by atoms with Crippen LogP contribution in [-0.4, -0.2) is 11.5 Å². The van der Waals surface area contributed by atoms with Gasteiger partial charge in [-0.15, -0.1) is 0 Å². The molecule has 0 spiro atoms. The summed E-state index contributed by atoms with van der Waals surface area (Å²) in [4.78, 5) is 4.25. The molecular weight excluding hydrogens is 284 g/mol. The summed E-state index contributed by atoms with van der Waals surface area (Å²) in [5, 5.41) is 5.12. The van der Waals surface area contributed by atoms with Crippen LogP contribution >= 0.6 is 11.6 Å². The van der Waals surface area contributed by atoms with Crippen LogP contribution in [0.3, 0.4) is 0 Å². The highest BCUT2D eigenvalue weighted by Crippen LogP contribution is 2.32. The predicted octanol–water partition coefficient (Wildman–Crippen LogP) is 4.49. The van der Waals surface area contributed by atoms with Crippen molar-refractivity contribution in [1.29, 1.82) is 0 Å². The van der Waals surface area contributed by atoms with E-state index in [2.05, 4.69) is 23.3 Å². The van der Waals surface area contributed by atoms with Gasteiger partial charge in [-0.3, -0.25) is 4.98 Å². The molecule has 0 radical (unpaired) electrons. The number of hydrogen-bond donors (Lipinski definition) is 1. The molecule has 4 heteroatoms. The average Bonchev–Trinajstić information content (AvgIpc) is 2.90. The molecular formula is C17H17ClN2O. The van der Waals surface area contributed by atoms with Crippen molar-refractivity contribution in [1.82, 2.24) is 10.3 Å². The van der Waals surface area contributed by atoms with Crippen LogP contribution in [0.15, 0.2) is 47.0 Å². The highest BCUT2D eigenvalue weighted by Gasteiger charge is 2.18. The normalized spacial score (nSPS) is 12.7. The standard InChI is InChI=1S/C17H17ClN2O/c1-3-19-16(12-7-8-20-11(2)9-12)15-10-13-5-4-6-14(18)17(13)21-15/h4-10,16,19H,3H2,1-2H3. The monoisotopic (exact) mass is 300 g/mol. The van der Waals surface area contributed by atoms with Crippen molar-refractivity contribution < 1.29 is 4.42 Å². The van der Waals surface area contributed by atoms with Gasteiger partial charge in [0.2, 0.25) is 0 Å². The first kappa shape index (κ1) is 14.1. The molecule has 0 amide bonds. The molecule has 1 unspecified atom stereocenters. The number of aromatic nitrogens is 1. The molecule has 0 saturated carbocycles. The van der Waals surface area contributed by atoms with Crippen molar-refractivity contribution >= 4 is 22.6 Å². The number of pyridine rings is 1. The molecule has 0 aliphatic rings. The van der Waals surface area contributed by atoms with Crippen LogP contribution in [0, 0.1) is 6.92 Å². The fourth-order valence-corrected chi connectivity index (χ4v) is 2.74. The second-order valence-corrected chi connectivity index (χ2v) is 5.44. The molecule has 3 aromatic rings. The SMILES string of the molecule is CCNC(c1ccnc(C)c1)c1cc2cccc(Cl)c2o1. The molecule has 0 saturated heterocycles. The van der Waals surface area contributed by atoms with E-state index in [1.807, 2.05) is 43.5 Å². The first-order valence-electron chi connectivity index (χ1n) is 7.03.